The van der Waals surface area contributed by atoms with Crippen molar-refractivity contribution in [1.82, 2.24) is 0 Å². The number of hydrogen-bond donors (Lipinski definition) is 0. The summed E-state index contributed by atoms with van der Waals surface area (Å²) in [6.07, 6.45) is 9.65. The maximum absolute atomic E-state index is 5.87. The summed E-state index contributed by atoms with van der Waals surface area (Å²) in [5, 5.41) is 0. The van der Waals surface area contributed by atoms with Gasteiger partial charge in [0.15, 0.2) is 0 Å². The van der Waals surface area contributed by atoms with E-state index < -0.39 is 0 Å². The maximum Gasteiger partial charge on any atom is 0.107 e. The van der Waals surface area contributed by atoms with Crippen LogP contribution < -0.4 is 0 Å². The molecule has 0 radical (unpaired) electrons. The molecule has 2 aliphatic rings. The molecular formula is C13H20O. The molecule has 2 rings (SSSR count). The average Bonchev–Trinajstić information content (AvgIpc) is 2.55. The zero-order valence-corrected chi connectivity index (χ0v) is 9.47. The van der Waals surface area contributed by atoms with Crippen LogP contribution >= 0.6 is 0 Å². The van der Waals surface area contributed by atoms with Crippen molar-refractivity contribution in [3.63, 3.8) is 0 Å². The fourth-order valence-corrected chi connectivity index (χ4v) is 3.80. The highest BCUT2D eigenvalue weighted by Crippen LogP contribution is 2.63. The number of fused-ring (bicyclic) bond motifs is 2. The summed E-state index contributed by atoms with van der Waals surface area (Å²) in [6.45, 7) is 7.51. The van der Waals surface area contributed by atoms with Crippen molar-refractivity contribution in [1.29, 1.82) is 0 Å². The normalized spacial score (nSPS) is 43.9. The Bertz CT molecular complexity index is 269. The van der Waals surface area contributed by atoms with Gasteiger partial charge in [-0.2, -0.15) is 0 Å². The highest BCUT2D eigenvalue weighted by atomic mass is 16.5. The molecule has 0 amide bonds. The minimum Gasteiger partial charge on any atom is -0.364 e. The van der Waals surface area contributed by atoms with E-state index in [2.05, 4.69) is 26.7 Å². The zero-order valence-electron chi connectivity index (χ0n) is 9.47. The number of terminal acetylenes is 1. The lowest BCUT2D eigenvalue weighted by Crippen LogP contribution is -2.42. The van der Waals surface area contributed by atoms with Crippen LogP contribution in [0.25, 0.3) is 0 Å². The summed E-state index contributed by atoms with van der Waals surface area (Å²) in [7, 11) is 0. The molecule has 3 atom stereocenters. The van der Waals surface area contributed by atoms with Gasteiger partial charge in [-0.15, -0.1) is 6.42 Å². The lowest BCUT2D eigenvalue weighted by Gasteiger charge is -2.41. The van der Waals surface area contributed by atoms with Crippen LogP contribution in [0.2, 0.25) is 0 Å². The molecule has 0 saturated heterocycles. The van der Waals surface area contributed by atoms with E-state index in [0.717, 1.165) is 5.92 Å². The van der Waals surface area contributed by atoms with Gasteiger partial charge in [0.2, 0.25) is 0 Å². The Kier molecular flexibility index (Phi) is 2.16. The molecule has 0 spiro atoms. The first-order valence-electron chi connectivity index (χ1n) is 5.56. The van der Waals surface area contributed by atoms with Crippen LogP contribution in [0.5, 0.6) is 0 Å². The minimum absolute atomic E-state index is 0.323. The molecule has 0 N–H and O–H groups in total. The second kappa shape index (κ2) is 3.00. The molecule has 1 nitrogen and oxygen atoms in total. The van der Waals surface area contributed by atoms with Crippen molar-refractivity contribution in [3.05, 3.63) is 0 Å². The summed E-state index contributed by atoms with van der Waals surface area (Å²) >= 11 is 0. The summed E-state index contributed by atoms with van der Waals surface area (Å²) in [6, 6.07) is 0. The van der Waals surface area contributed by atoms with Gasteiger partial charge in [-0.3, -0.25) is 0 Å². The Morgan fingerprint density at radius 1 is 1.43 bits per heavy atom. The number of rotatable bonds is 2. The lowest BCUT2D eigenvalue weighted by atomic mass is 9.70. The molecule has 0 aromatic carbocycles. The molecule has 2 bridgehead atoms. The third-order valence-corrected chi connectivity index (χ3v) is 4.47. The first kappa shape index (κ1) is 10.1. The van der Waals surface area contributed by atoms with Crippen LogP contribution in [-0.2, 0) is 4.74 Å². The predicted octanol–water partition coefficient (Wildman–Crippen LogP) is 2.85. The lowest BCUT2D eigenvalue weighted by molar-refractivity contribution is -0.0768. The van der Waals surface area contributed by atoms with Gasteiger partial charge in [-0.05, 0) is 36.0 Å². The van der Waals surface area contributed by atoms with Gasteiger partial charge < -0.3 is 4.74 Å². The van der Waals surface area contributed by atoms with Gasteiger partial charge in [0.1, 0.15) is 6.61 Å². The molecule has 0 aromatic rings. The van der Waals surface area contributed by atoms with Crippen molar-refractivity contribution < 1.29 is 4.74 Å². The largest absolute Gasteiger partial charge is 0.364 e. The van der Waals surface area contributed by atoms with Gasteiger partial charge in [0.25, 0.3) is 0 Å². The van der Waals surface area contributed by atoms with Gasteiger partial charge >= 0.3 is 0 Å². The monoisotopic (exact) mass is 192 g/mol. The third kappa shape index (κ3) is 1.21. The van der Waals surface area contributed by atoms with Crippen molar-refractivity contribution in [2.45, 2.75) is 46.1 Å². The highest BCUT2D eigenvalue weighted by molar-refractivity contribution is 5.09. The van der Waals surface area contributed by atoms with Crippen LogP contribution in [0.4, 0.5) is 0 Å². The summed E-state index contributed by atoms with van der Waals surface area (Å²) in [4.78, 5) is 0. The Morgan fingerprint density at radius 2 is 2.14 bits per heavy atom. The number of hydrogen-bond acceptors (Lipinski definition) is 1. The van der Waals surface area contributed by atoms with Crippen LogP contribution in [-0.4, -0.2) is 12.7 Å². The standard InChI is InChI=1S/C13H20O/c1-5-8-14-11-12(2,3)10-6-7-13(11,4)9-10/h1,10-11H,6-9H2,2-4H3/t10-,11+,13+/m1/s1. The fourth-order valence-electron chi connectivity index (χ4n) is 3.80. The molecular weight excluding hydrogens is 172 g/mol. The molecule has 0 heterocycles. The molecule has 2 saturated carbocycles. The quantitative estimate of drug-likeness (QED) is 0.611. The second-order valence-corrected chi connectivity index (χ2v) is 5.81. The third-order valence-electron chi connectivity index (χ3n) is 4.47. The van der Waals surface area contributed by atoms with E-state index in [0.29, 0.717) is 23.5 Å². The number of ether oxygens (including phenoxy) is 1. The predicted molar refractivity (Wildman–Crippen MR) is 57.8 cm³/mol. The van der Waals surface area contributed by atoms with Gasteiger partial charge in [-0.1, -0.05) is 26.7 Å². The molecule has 2 fully saturated rings. The molecule has 1 heteroatoms. The molecule has 78 valence electrons. The second-order valence-electron chi connectivity index (χ2n) is 5.81. The van der Waals surface area contributed by atoms with Crippen LogP contribution in [0, 0.1) is 29.1 Å². The first-order valence-corrected chi connectivity index (χ1v) is 5.56. The van der Waals surface area contributed by atoms with Crippen molar-refractivity contribution in [2.24, 2.45) is 16.7 Å². The van der Waals surface area contributed by atoms with Gasteiger partial charge in [0, 0.05) is 0 Å². The molecule has 14 heavy (non-hydrogen) atoms. The van der Waals surface area contributed by atoms with E-state index in [4.69, 9.17) is 11.2 Å². The van der Waals surface area contributed by atoms with E-state index >= 15 is 0 Å². The SMILES string of the molecule is C#CCO[C@H]1C(C)(C)[C@@H]2CC[C@@]1(C)C2. The van der Waals surface area contributed by atoms with E-state index in [1.165, 1.54) is 19.3 Å². The van der Waals surface area contributed by atoms with E-state index in [-0.39, 0.29) is 0 Å². The Labute approximate surface area is 87.2 Å². The van der Waals surface area contributed by atoms with Crippen molar-refractivity contribution in [2.75, 3.05) is 6.61 Å². The smallest absolute Gasteiger partial charge is 0.107 e. The molecule has 2 aliphatic carbocycles. The summed E-state index contributed by atoms with van der Waals surface area (Å²) in [5.41, 5.74) is 0.717. The Morgan fingerprint density at radius 3 is 2.64 bits per heavy atom. The Hall–Kier alpha value is -0.480. The van der Waals surface area contributed by atoms with Crippen molar-refractivity contribution in [3.8, 4) is 12.3 Å². The molecule has 0 aliphatic heterocycles. The van der Waals surface area contributed by atoms with Crippen LogP contribution in [0.15, 0.2) is 0 Å². The topological polar surface area (TPSA) is 9.23 Å². The van der Waals surface area contributed by atoms with E-state index in [9.17, 15) is 0 Å². The van der Waals surface area contributed by atoms with Crippen LogP contribution in [0.1, 0.15) is 40.0 Å². The molecule has 0 unspecified atom stereocenters. The van der Waals surface area contributed by atoms with Crippen LogP contribution in [0.3, 0.4) is 0 Å². The highest BCUT2D eigenvalue weighted by Gasteiger charge is 2.59. The van der Waals surface area contributed by atoms with Crippen molar-refractivity contribution >= 4 is 0 Å². The fraction of sp³-hybridized carbons (Fsp3) is 0.846. The van der Waals surface area contributed by atoms with E-state index in [1.807, 2.05) is 0 Å². The summed E-state index contributed by atoms with van der Waals surface area (Å²) < 4.78 is 5.87. The first-order chi connectivity index (χ1) is 6.50. The zero-order chi connectivity index (χ0) is 10.4. The van der Waals surface area contributed by atoms with Gasteiger partial charge in [0.05, 0.1) is 6.10 Å². The van der Waals surface area contributed by atoms with E-state index in [1.54, 1.807) is 0 Å². The summed E-state index contributed by atoms with van der Waals surface area (Å²) in [5.74, 6) is 3.43. The molecule has 0 aromatic heterocycles. The van der Waals surface area contributed by atoms with Gasteiger partial charge in [-0.25, -0.2) is 0 Å². The maximum atomic E-state index is 5.87. The minimum atomic E-state index is 0.323. The average molecular weight is 192 g/mol. The Balaban J connectivity index is 2.18.